The highest BCUT2D eigenvalue weighted by atomic mass is 16.6. The maximum absolute atomic E-state index is 12.2. The van der Waals surface area contributed by atoms with Crippen LogP contribution < -0.4 is 14.8 Å². The smallest absolute Gasteiger partial charge is 0.407 e. The Balaban J connectivity index is 1.51. The number of carbonyl (C=O) groups is 1. The molecule has 0 aromatic heterocycles. The van der Waals surface area contributed by atoms with Crippen LogP contribution in [0.2, 0.25) is 0 Å². The Hall–Kier alpha value is -4.29. The fraction of sp³-hybridized carbons (Fsp3) is 0.324. The standard InChI is InChI=1S/C37H43NO5/c1-26(2)24-41-33-19-16-30(20-27-14-17-32(18-15-27)42-25-28-10-7-6-8-11-28)34(22-33)35(39)31-13-9-12-29(21-31)23-38-36(40)43-37(3,4)5/h6-19,21-22,26,35,39H,20,23-25H2,1-5H3,(H,38,40). The molecule has 0 aliphatic carbocycles. The molecule has 0 bridgehead atoms. The van der Waals surface area contributed by atoms with E-state index >= 15 is 0 Å². The van der Waals surface area contributed by atoms with E-state index in [-0.39, 0.29) is 0 Å². The summed E-state index contributed by atoms with van der Waals surface area (Å²) in [5.41, 5.74) is 5.03. The number of amides is 1. The van der Waals surface area contributed by atoms with Gasteiger partial charge in [0.15, 0.2) is 0 Å². The number of aliphatic hydroxyl groups excluding tert-OH is 1. The third kappa shape index (κ3) is 10.2. The fourth-order valence-corrected chi connectivity index (χ4v) is 4.55. The van der Waals surface area contributed by atoms with Crippen molar-refractivity contribution in [3.63, 3.8) is 0 Å². The number of nitrogens with one attached hydrogen (secondary N) is 1. The maximum atomic E-state index is 12.2. The van der Waals surface area contributed by atoms with Gasteiger partial charge in [0.1, 0.15) is 29.8 Å². The molecule has 0 aliphatic rings. The summed E-state index contributed by atoms with van der Waals surface area (Å²) in [4.78, 5) is 12.2. The summed E-state index contributed by atoms with van der Waals surface area (Å²) in [5, 5.41) is 14.4. The first-order chi connectivity index (χ1) is 20.6. The predicted octanol–water partition coefficient (Wildman–Crippen LogP) is 8.00. The number of hydrogen-bond donors (Lipinski definition) is 2. The van der Waals surface area contributed by atoms with Gasteiger partial charge in [0.2, 0.25) is 0 Å². The molecular formula is C37H43NO5. The second kappa shape index (κ2) is 14.7. The van der Waals surface area contributed by atoms with E-state index in [0.717, 1.165) is 44.9 Å². The molecule has 4 rings (SSSR count). The fourth-order valence-electron chi connectivity index (χ4n) is 4.55. The van der Waals surface area contributed by atoms with Crippen molar-refractivity contribution in [2.75, 3.05) is 6.61 Å². The summed E-state index contributed by atoms with van der Waals surface area (Å²) < 4.78 is 17.3. The van der Waals surface area contributed by atoms with Gasteiger partial charge in [0.25, 0.3) is 0 Å². The molecule has 226 valence electrons. The van der Waals surface area contributed by atoms with E-state index in [9.17, 15) is 9.90 Å². The zero-order chi connectivity index (χ0) is 30.8. The molecular weight excluding hydrogens is 538 g/mol. The van der Waals surface area contributed by atoms with E-state index in [2.05, 4.69) is 31.3 Å². The van der Waals surface area contributed by atoms with Crippen molar-refractivity contribution in [1.29, 1.82) is 0 Å². The Morgan fingerprint density at radius 3 is 2.19 bits per heavy atom. The molecule has 6 heteroatoms. The Morgan fingerprint density at radius 2 is 1.49 bits per heavy atom. The minimum Gasteiger partial charge on any atom is -0.493 e. The first-order valence-corrected chi connectivity index (χ1v) is 14.8. The van der Waals surface area contributed by atoms with Crippen LogP contribution in [0.5, 0.6) is 11.5 Å². The second-order valence-corrected chi connectivity index (χ2v) is 12.2. The quantitative estimate of drug-likeness (QED) is 0.177. The van der Waals surface area contributed by atoms with Crippen molar-refractivity contribution in [1.82, 2.24) is 5.32 Å². The Labute approximate surface area is 255 Å². The SMILES string of the molecule is CC(C)COc1ccc(Cc2ccc(OCc3ccccc3)cc2)c(C(O)c2cccc(CNC(=O)OC(C)(C)C)c2)c1. The highest BCUT2D eigenvalue weighted by Gasteiger charge is 2.19. The third-order valence-electron chi connectivity index (χ3n) is 6.66. The van der Waals surface area contributed by atoms with Gasteiger partial charge in [-0.05, 0) is 90.8 Å². The minimum atomic E-state index is -0.882. The average molecular weight is 582 g/mol. The predicted molar refractivity (Wildman–Crippen MR) is 170 cm³/mol. The summed E-state index contributed by atoms with van der Waals surface area (Å²) in [6.07, 6.45) is -0.727. The van der Waals surface area contributed by atoms with E-state index in [0.29, 0.717) is 32.1 Å². The topological polar surface area (TPSA) is 77.0 Å². The molecule has 0 heterocycles. The van der Waals surface area contributed by atoms with Crippen molar-refractivity contribution in [3.8, 4) is 11.5 Å². The van der Waals surface area contributed by atoms with Gasteiger partial charge in [-0.1, -0.05) is 86.6 Å². The molecule has 0 radical (unpaired) electrons. The molecule has 1 unspecified atom stereocenters. The monoisotopic (exact) mass is 581 g/mol. The van der Waals surface area contributed by atoms with Gasteiger partial charge in [-0.15, -0.1) is 0 Å². The van der Waals surface area contributed by atoms with E-state index in [1.54, 1.807) is 0 Å². The number of rotatable bonds is 12. The summed E-state index contributed by atoms with van der Waals surface area (Å²) in [6, 6.07) is 31.7. The van der Waals surface area contributed by atoms with Crippen molar-refractivity contribution in [2.24, 2.45) is 5.92 Å². The second-order valence-electron chi connectivity index (χ2n) is 12.2. The first-order valence-electron chi connectivity index (χ1n) is 14.8. The lowest BCUT2D eigenvalue weighted by atomic mass is 9.92. The van der Waals surface area contributed by atoms with E-state index in [4.69, 9.17) is 14.2 Å². The zero-order valence-corrected chi connectivity index (χ0v) is 25.8. The van der Waals surface area contributed by atoms with Crippen LogP contribution in [0.25, 0.3) is 0 Å². The van der Waals surface area contributed by atoms with Crippen molar-refractivity contribution in [3.05, 3.63) is 130 Å². The van der Waals surface area contributed by atoms with Crippen LogP contribution in [0, 0.1) is 5.92 Å². The summed E-state index contributed by atoms with van der Waals surface area (Å²) in [5.74, 6) is 1.91. The summed E-state index contributed by atoms with van der Waals surface area (Å²) in [7, 11) is 0. The molecule has 1 amide bonds. The Bertz CT molecular complexity index is 1460. The average Bonchev–Trinajstić information content (AvgIpc) is 2.98. The molecule has 0 spiro atoms. The molecule has 6 nitrogen and oxygen atoms in total. The number of alkyl carbamates (subject to hydrolysis) is 1. The molecule has 4 aromatic rings. The lowest BCUT2D eigenvalue weighted by Gasteiger charge is -2.20. The molecule has 4 aromatic carbocycles. The number of carbonyl (C=O) groups excluding carboxylic acids is 1. The zero-order valence-electron chi connectivity index (χ0n) is 25.8. The van der Waals surface area contributed by atoms with Gasteiger partial charge in [0.05, 0.1) is 6.61 Å². The minimum absolute atomic E-state index is 0.290. The van der Waals surface area contributed by atoms with Crippen molar-refractivity contribution < 1.29 is 24.1 Å². The summed E-state index contributed by atoms with van der Waals surface area (Å²) in [6.45, 7) is 11.1. The van der Waals surface area contributed by atoms with Crippen LogP contribution >= 0.6 is 0 Å². The molecule has 0 saturated carbocycles. The van der Waals surface area contributed by atoms with Gasteiger partial charge in [0, 0.05) is 6.54 Å². The Morgan fingerprint density at radius 1 is 0.791 bits per heavy atom. The molecule has 0 saturated heterocycles. The van der Waals surface area contributed by atoms with Crippen LogP contribution in [0.15, 0.2) is 97.1 Å². The van der Waals surface area contributed by atoms with Gasteiger partial charge in [-0.3, -0.25) is 0 Å². The molecule has 0 aliphatic heterocycles. The van der Waals surface area contributed by atoms with Gasteiger partial charge in [-0.25, -0.2) is 4.79 Å². The number of benzene rings is 4. The van der Waals surface area contributed by atoms with Crippen LogP contribution in [0.3, 0.4) is 0 Å². The van der Waals surface area contributed by atoms with Gasteiger partial charge in [-0.2, -0.15) is 0 Å². The highest BCUT2D eigenvalue weighted by Crippen LogP contribution is 2.31. The molecule has 0 fully saturated rings. The maximum Gasteiger partial charge on any atom is 0.407 e. The lowest BCUT2D eigenvalue weighted by Crippen LogP contribution is -2.32. The molecule has 43 heavy (non-hydrogen) atoms. The summed E-state index contributed by atoms with van der Waals surface area (Å²) >= 11 is 0. The van der Waals surface area contributed by atoms with E-state index in [1.807, 2.05) is 106 Å². The Kier molecular flexibility index (Phi) is 10.8. The number of hydrogen-bond acceptors (Lipinski definition) is 5. The van der Waals surface area contributed by atoms with Crippen LogP contribution in [0.4, 0.5) is 4.79 Å². The van der Waals surface area contributed by atoms with Gasteiger partial charge >= 0.3 is 6.09 Å². The lowest BCUT2D eigenvalue weighted by molar-refractivity contribution is 0.0523. The first kappa shape index (κ1) is 31.6. The van der Waals surface area contributed by atoms with Crippen molar-refractivity contribution in [2.45, 2.75) is 65.9 Å². The van der Waals surface area contributed by atoms with E-state index in [1.165, 1.54) is 0 Å². The highest BCUT2D eigenvalue weighted by molar-refractivity contribution is 5.67. The number of aliphatic hydroxyl groups is 1. The number of ether oxygens (including phenoxy) is 3. The van der Waals surface area contributed by atoms with Crippen LogP contribution in [0.1, 0.15) is 74.1 Å². The van der Waals surface area contributed by atoms with E-state index < -0.39 is 17.8 Å². The normalized spacial score (nSPS) is 12.1. The van der Waals surface area contributed by atoms with Crippen molar-refractivity contribution >= 4 is 6.09 Å². The largest absolute Gasteiger partial charge is 0.493 e. The van der Waals surface area contributed by atoms with Crippen LogP contribution in [-0.4, -0.2) is 23.4 Å². The molecule has 2 N–H and O–H groups in total. The molecule has 1 atom stereocenters. The third-order valence-corrected chi connectivity index (χ3v) is 6.66. The van der Waals surface area contributed by atoms with Crippen LogP contribution in [-0.2, 0) is 24.3 Å². The van der Waals surface area contributed by atoms with Gasteiger partial charge < -0.3 is 24.6 Å².